The normalized spacial score (nSPS) is 10.4. The molecule has 2 heterocycles. The number of pyridine rings is 2. The van der Waals surface area contributed by atoms with Crippen molar-refractivity contribution in [3.63, 3.8) is 0 Å². The van der Waals surface area contributed by atoms with Crippen LogP contribution in [-0.4, -0.2) is 35.6 Å². The monoisotopic (exact) mass is 413 g/mol. The van der Waals surface area contributed by atoms with E-state index in [4.69, 9.17) is 40.9 Å². The molecule has 0 fully saturated rings. The van der Waals surface area contributed by atoms with E-state index in [9.17, 15) is 0 Å². The van der Waals surface area contributed by atoms with Crippen LogP contribution in [0.3, 0.4) is 0 Å². The van der Waals surface area contributed by atoms with Gasteiger partial charge in [0, 0.05) is 23.2 Å². The number of hydrogen-bond acceptors (Lipinski definition) is 5. The number of fused-ring (bicyclic) bond motifs is 3. The fourth-order valence-corrected chi connectivity index (χ4v) is 2.00. The molecule has 12 heteroatoms. The molecule has 0 radical (unpaired) electrons. The average Bonchev–Trinajstić information content (AvgIpc) is 2.45. The Balaban J connectivity index is 0.000000270. The van der Waals surface area contributed by atoms with Crippen molar-refractivity contribution in [2.24, 2.45) is 0 Å². The van der Waals surface area contributed by atoms with E-state index in [1.807, 2.05) is 30.3 Å². The molecule has 0 saturated carbocycles. The fourth-order valence-electron chi connectivity index (χ4n) is 1.73. The van der Waals surface area contributed by atoms with E-state index in [1.54, 1.807) is 12.4 Å². The Labute approximate surface area is 146 Å². The summed E-state index contributed by atoms with van der Waals surface area (Å²) in [5.74, 6) is 0. The van der Waals surface area contributed by atoms with E-state index >= 15 is 0 Å². The van der Waals surface area contributed by atoms with Crippen LogP contribution in [0.4, 0.5) is 0 Å². The van der Waals surface area contributed by atoms with Crippen molar-refractivity contribution in [1.29, 1.82) is 0 Å². The molecule has 3 rings (SSSR count). The summed E-state index contributed by atoms with van der Waals surface area (Å²) in [5.41, 5.74) is 1.76. The molecule has 3 aromatic rings. The van der Waals surface area contributed by atoms with Gasteiger partial charge in [-0.25, -0.2) is 0 Å². The van der Waals surface area contributed by atoms with Gasteiger partial charge in [-0.1, -0.05) is 17.7 Å². The molecule has 0 aliphatic heterocycles. The van der Waals surface area contributed by atoms with E-state index in [0.717, 1.165) is 26.8 Å². The molecule has 0 saturated heterocycles. The first-order chi connectivity index (χ1) is 11.1. The van der Waals surface area contributed by atoms with Gasteiger partial charge in [-0.05, 0) is 24.3 Å². The first-order valence-electron chi connectivity index (χ1n) is 5.92. The topological polar surface area (TPSA) is 158 Å². The summed E-state index contributed by atoms with van der Waals surface area (Å²) in [6.07, 6.45) is 3.52. The maximum absolute atomic E-state index is 8.78. The summed E-state index contributed by atoms with van der Waals surface area (Å²) in [6.45, 7) is 0. The van der Waals surface area contributed by atoms with Gasteiger partial charge in [-0.2, -0.15) is 8.42 Å². The second-order valence-corrected chi connectivity index (χ2v) is 6.13. The summed E-state index contributed by atoms with van der Waals surface area (Å²) in [7, 11) is -4.67. The van der Waals surface area contributed by atoms with Crippen LogP contribution in [0.2, 0.25) is 5.02 Å². The predicted octanol–water partition coefficient (Wildman–Crippen LogP) is 1.55. The third-order valence-electron chi connectivity index (χ3n) is 2.41. The summed E-state index contributed by atoms with van der Waals surface area (Å²) in [4.78, 5) is 8.65. The van der Waals surface area contributed by atoms with Crippen LogP contribution in [0.1, 0.15) is 0 Å². The summed E-state index contributed by atoms with van der Waals surface area (Å²) >= 11 is 2.73. The van der Waals surface area contributed by atoms with Crippen LogP contribution < -0.4 is 0 Å². The van der Waals surface area contributed by atoms with E-state index in [1.165, 1.54) is 0 Å². The molecule has 0 aliphatic carbocycles. The van der Waals surface area contributed by atoms with Gasteiger partial charge in [0.15, 0.2) is 0 Å². The Bertz CT molecular complexity index is 956. The van der Waals surface area contributed by atoms with E-state index in [0.29, 0.717) is 0 Å². The van der Waals surface area contributed by atoms with Gasteiger partial charge < -0.3 is 0 Å². The Morgan fingerprint density at radius 2 is 1.46 bits per heavy atom. The van der Waals surface area contributed by atoms with Crippen LogP contribution in [0.5, 0.6) is 0 Å². The van der Waals surface area contributed by atoms with Crippen LogP contribution in [-0.2, 0) is 29.9 Å². The van der Waals surface area contributed by atoms with Gasteiger partial charge in [0.05, 0.1) is 16.1 Å². The van der Waals surface area contributed by atoms with E-state index < -0.39 is 26.2 Å². The molecular weight excluding hydrogens is 403 g/mol. The molecule has 0 spiro atoms. The third kappa shape index (κ3) is 7.38. The Kier molecular flexibility index (Phi) is 7.80. The Hall–Kier alpha value is -1.50. The van der Waals surface area contributed by atoms with E-state index in [-0.39, 0.29) is 0 Å². The summed E-state index contributed by atoms with van der Waals surface area (Å²) < 4.78 is 54.8. The van der Waals surface area contributed by atoms with Gasteiger partial charge in [0.25, 0.3) is 0 Å². The quantitative estimate of drug-likeness (QED) is 0.317. The standard InChI is InChI=1S/C12H7ClN2.H2O4S.2H2O.O.V/c13-10-7-8-3-1-5-14-11(8)12-9(10)4-2-6-15-12;1-5(2,3)4;;;;/h1-7H;(H2,1,2,3,4);2*1H2;;/q;;;;;+2/p-2. The van der Waals surface area contributed by atoms with Gasteiger partial charge in [-0.3, -0.25) is 19.1 Å². The van der Waals surface area contributed by atoms with Crippen molar-refractivity contribution in [2.75, 3.05) is 0 Å². The molecular formula is C12H11ClN2O7SV. The zero-order valence-electron chi connectivity index (χ0n) is 11.7. The maximum atomic E-state index is 8.78. The number of halogens is 1. The molecule has 24 heavy (non-hydrogen) atoms. The first-order valence-corrected chi connectivity index (χ1v) is 9.52. The Morgan fingerprint density at radius 3 is 2.00 bits per heavy atom. The Morgan fingerprint density at radius 1 is 1.00 bits per heavy atom. The van der Waals surface area contributed by atoms with Crippen LogP contribution in [0, 0.1) is 0 Å². The molecule has 2 aromatic heterocycles. The van der Waals surface area contributed by atoms with Crippen molar-refractivity contribution < 1.29 is 45.1 Å². The SMILES string of the molecule is Clc1cc2cccnc2c2ncccc12.O=S(=O)(O)O.[O]=[V]([OH])[OH]. The van der Waals surface area contributed by atoms with Crippen LogP contribution >= 0.6 is 11.6 Å². The third-order valence-corrected chi connectivity index (χ3v) is 2.72. The molecule has 0 amide bonds. The van der Waals surface area contributed by atoms with Gasteiger partial charge in [0.1, 0.15) is 0 Å². The molecule has 0 bridgehead atoms. The van der Waals surface area contributed by atoms with E-state index in [2.05, 4.69) is 9.97 Å². The van der Waals surface area contributed by atoms with Crippen molar-refractivity contribution in [1.82, 2.24) is 9.97 Å². The first kappa shape index (κ1) is 20.5. The molecule has 0 unspecified atom stereocenters. The number of hydrogen-bond donors (Lipinski definition) is 4. The zero-order chi connectivity index (χ0) is 18.3. The molecule has 0 aliphatic rings. The molecule has 4 N–H and O–H groups in total. The second-order valence-electron chi connectivity index (χ2n) is 4.03. The minimum absolute atomic E-state index is 0.721. The minimum atomic E-state index is -4.67. The number of benzene rings is 1. The van der Waals surface area contributed by atoms with Crippen molar-refractivity contribution in [2.45, 2.75) is 0 Å². The fraction of sp³-hybridized carbons (Fsp3) is 0. The molecule has 1 aromatic carbocycles. The molecule has 0 atom stereocenters. The van der Waals surface area contributed by atoms with Crippen molar-refractivity contribution >= 4 is 43.8 Å². The van der Waals surface area contributed by atoms with Gasteiger partial charge >= 0.3 is 37.9 Å². The van der Waals surface area contributed by atoms with Gasteiger partial charge in [0.2, 0.25) is 0 Å². The van der Waals surface area contributed by atoms with Crippen molar-refractivity contribution in [3.8, 4) is 0 Å². The van der Waals surface area contributed by atoms with Crippen LogP contribution in [0.25, 0.3) is 21.8 Å². The van der Waals surface area contributed by atoms with Crippen LogP contribution in [0.15, 0.2) is 42.7 Å². The summed E-state index contributed by atoms with van der Waals surface area (Å²) in [5, 5.41) is 2.69. The summed E-state index contributed by atoms with van der Waals surface area (Å²) in [6, 6.07) is 9.64. The van der Waals surface area contributed by atoms with Crippen molar-refractivity contribution in [3.05, 3.63) is 47.7 Å². The molecule has 129 valence electrons. The predicted molar refractivity (Wildman–Crippen MR) is 81.4 cm³/mol. The number of nitrogens with zero attached hydrogens (tertiary/aromatic N) is 2. The average molecular weight is 414 g/mol. The molecule has 9 nitrogen and oxygen atoms in total. The van der Waals surface area contributed by atoms with Gasteiger partial charge in [-0.15, -0.1) is 0 Å². The second kappa shape index (κ2) is 9.11. The number of rotatable bonds is 0. The zero-order valence-corrected chi connectivity index (χ0v) is 14.7. The number of aromatic nitrogens is 2.